The fraction of sp³-hybridized carbons (Fsp3) is 0.704. The summed E-state index contributed by atoms with van der Waals surface area (Å²) in [4.78, 5) is 24.8. The molecule has 1 rings (SSSR count). The summed E-state index contributed by atoms with van der Waals surface area (Å²) in [5.41, 5.74) is 0.334. The van der Waals surface area contributed by atoms with Crippen molar-refractivity contribution < 1.29 is 19.1 Å². The first-order valence-electron chi connectivity index (χ1n) is 12.5. The monoisotopic (exact) mass is 447 g/mol. The van der Waals surface area contributed by atoms with Gasteiger partial charge in [0.15, 0.2) is 0 Å². The zero-order valence-electron chi connectivity index (χ0n) is 20.8. The summed E-state index contributed by atoms with van der Waals surface area (Å²) in [5.74, 6) is -0.410. The normalized spacial score (nSPS) is 12.2. The molecular weight excluding hydrogens is 402 g/mol. The van der Waals surface area contributed by atoms with Crippen molar-refractivity contribution in [1.29, 1.82) is 0 Å². The SMILES string of the molecule is CCCCCCCCCCCCCOC(=O)[C@H](Cc1ccccc1)NC(=O)OC(C)(C)C. The molecule has 0 saturated carbocycles. The molecule has 1 amide bonds. The molecule has 0 aromatic heterocycles. The topological polar surface area (TPSA) is 64.6 Å². The lowest BCUT2D eigenvalue weighted by atomic mass is 10.1. The highest BCUT2D eigenvalue weighted by atomic mass is 16.6. The van der Waals surface area contributed by atoms with E-state index in [1.54, 1.807) is 20.8 Å². The highest BCUT2D eigenvalue weighted by Gasteiger charge is 2.25. The molecule has 0 saturated heterocycles. The van der Waals surface area contributed by atoms with Gasteiger partial charge in [0.25, 0.3) is 0 Å². The van der Waals surface area contributed by atoms with Gasteiger partial charge in [0.2, 0.25) is 0 Å². The Morgan fingerprint density at radius 2 is 1.38 bits per heavy atom. The molecule has 0 spiro atoms. The highest BCUT2D eigenvalue weighted by Crippen LogP contribution is 2.12. The minimum atomic E-state index is -0.764. The standard InChI is InChI=1S/C27H45NO4/c1-5-6-7-8-9-10-11-12-13-14-18-21-31-25(29)24(22-23-19-16-15-17-20-23)28-26(30)32-27(2,3)4/h15-17,19-20,24H,5-14,18,21-22H2,1-4H3,(H,28,30)/t24-/m0/s1. The lowest BCUT2D eigenvalue weighted by Crippen LogP contribution is -2.45. The van der Waals surface area contributed by atoms with E-state index in [1.807, 2.05) is 30.3 Å². The van der Waals surface area contributed by atoms with Crippen molar-refractivity contribution in [3.63, 3.8) is 0 Å². The lowest BCUT2D eigenvalue weighted by molar-refractivity contribution is -0.146. The van der Waals surface area contributed by atoms with Gasteiger partial charge in [-0.3, -0.25) is 0 Å². The number of ether oxygens (including phenoxy) is 2. The first kappa shape index (κ1) is 28.0. The van der Waals surface area contributed by atoms with Gasteiger partial charge in [-0.2, -0.15) is 0 Å². The fourth-order valence-corrected chi connectivity index (χ4v) is 3.53. The Morgan fingerprint density at radius 3 is 1.91 bits per heavy atom. The van der Waals surface area contributed by atoms with Crippen LogP contribution in [0.15, 0.2) is 30.3 Å². The summed E-state index contributed by atoms with van der Waals surface area (Å²) >= 11 is 0. The van der Waals surface area contributed by atoms with Crippen molar-refractivity contribution in [3.8, 4) is 0 Å². The van der Waals surface area contributed by atoms with Crippen LogP contribution >= 0.6 is 0 Å². The van der Waals surface area contributed by atoms with Gasteiger partial charge in [-0.1, -0.05) is 101 Å². The molecular formula is C27H45NO4. The molecule has 0 bridgehead atoms. The van der Waals surface area contributed by atoms with Crippen molar-refractivity contribution in [2.45, 2.75) is 116 Å². The van der Waals surface area contributed by atoms with Crippen LogP contribution in [0, 0.1) is 0 Å². The maximum Gasteiger partial charge on any atom is 0.408 e. The van der Waals surface area contributed by atoms with E-state index in [0.29, 0.717) is 13.0 Å². The minimum Gasteiger partial charge on any atom is -0.464 e. The summed E-state index contributed by atoms with van der Waals surface area (Å²) in [6, 6.07) is 8.85. The van der Waals surface area contributed by atoms with Crippen LogP contribution in [0.2, 0.25) is 0 Å². The maximum absolute atomic E-state index is 12.6. The van der Waals surface area contributed by atoms with Crippen LogP contribution in [0.5, 0.6) is 0 Å². The Morgan fingerprint density at radius 1 is 0.844 bits per heavy atom. The molecule has 0 aliphatic carbocycles. The van der Waals surface area contributed by atoms with E-state index in [2.05, 4.69) is 12.2 Å². The molecule has 5 heteroatoms. The van der Waals surface area contributed by atoms with Crippen molar-refractivity contribution in [3.05, 3.63) is 35.9 Å². The summed E-state index contributed by atoms with van der Waals surface area (Å²) < 4.78 is 10.8. The van der Waals surface area contributed by atoms with Gasteiger partial charge in [0, 0.05) is 6.42 Å². The van der Waals surface area contributed by atoms with Crippen LogP contribution in [0.25, 0.3) is 0 Å². The number of rotatable bonds is 16. The molecule has 0 unspecified atom stereocenters. The fourth-order valence-electron chi connectivity index (χ4n) is 3.53. The largest absolute Gasteiger partial charge is 0.464 e. The van der Waals surface area contributed by atoms with Crippen molar-refractivity contribution in [2.24, 2.45) is 0 Å². The molecule has 0 radical (unpaired) electrons. The van der Waals surface area contributed by atoms with Crippen LogP contribution in [-0.4, -0.2) is 30.3 Å². The Hall–Kier alpha value is -2.04. The van der Waals surface area contributed by atoms with Gasteiger partial charge in [-0.05, 0) is 32.8 Å². The smallest absolute Gasteiger partial charge is 0.408 e. The van der Waals surface area contributed by atoms with Gasteiger partial charge in [-0.25, -0.2) is 9.59 Å². The van der Waals surface area contributed by atoms with Gasteiger partial charge in [0.05, 0.1) is 6.61 Å². The maximum atomic E-state index is 12.6. The summed E-state index contributed by atoms with van der Waals surface area (Å²) in [5, 5.41) is 2.68. The number of hydrogen-bond acceptors (Lipinski definition) is 4. The molecule has 0 fully saturated rings. The first-order valence-corrected chi connectivity index (χ1v) is 12.5. The molecule has 5 nitrogen and oxygen atoms in total. The zero-order valence-corrected chi connectivity index (χ0v) is 20.8. The number of amides is 1. The Bertz CT molecular complexity index is 624. The molecule has 1 N–H and O–H groups in total. The minimum absolute atomic E-state index is 0.372. The average Bonchev–Trinajstić information content (AvgIpc) is 2.73. The average molecular weight is 448 g/mol. The number of carbonyl (C=O) groups is 2. The zero-order chi connectivity index (χ0) is 23.7. The summed E-state index contributed by atoms with van der Waals surface area (Å²) in [7, 11) is 0. The van der Waals surface area contributed by atoms with E-state index >= 15 is 0 Å². The number of benzene rings is 1. The van der Waals surface area contributed by atoms with E-state index in [0.717, 1.165) is 18.4 Å². The van der Waals surface area contributed by atoms with Crippen LogP contribution in [0.3, 0.4) is 0 Å². The lowest BCUT2D eigenvalue weighted by Gasteiger charge is -2.23. The van der Waals surface area contributed by atoms with Crippen molar-refractivity contribution >= 4 is 12.1 Å². The predicted octanol–water partition coefficient (Wildman–Crippen LogP) is 6.98. The number of esters is 1. The van der Waals surface area contributed by atoms with Crippen LogP contribution < -0.4 is 5.32 Å². The van der Waals surface area contributed by atoms with Crippen LogP contribution in [-0.2, 0) is 20.7 Å². The third-order valence-corrected chi connectivity index (χ3v) is 5.25. The molecule has 1 aromatic rings. The quantitative estimate of drug-likeness (QED) is 0.219. The van der Waals surface area contributed by atoms with E-state index in [-0.39, 0.29) is 0 Å². The number of hydrogen-bond donors (Lipinski definition) is 1. The van der Waals surface area contributed by atoms with Gasteiger partial charge in [-0.15, -0.1) is 0 Å². The molecule has 0 aliphatic heterocycles. The second-order valence-corrected chi connectivity index (χ2v) is 9.59. The van der Waals surface area contributed by atoms with Gasteiger partial charge < -0.3 is 14.8 Å². The highest BCUT2D eigenvalue weighted by molar-refractivity contribution is 5.81. The number of carbonyl (C=O) groups excluding carboxylic acids is 2. The van der Waals surface area contributed by atoms with Crippen LogP contribution in [0.4, 0.5) is 4.79 Å². The first-order chi connectivity index (χ1) is 15.3. The summed E-state index contributed by atoms with van der Waals surface area (Å²) in [6.45, 7) is 8.02. The Balaban J connectivity index is 2.30. The van der Waals surface area contributed by atoms with E-state index in [9.17, 15) is 9.59 Å². The Kier molecular flexibility index (Phi) is 14.5. The van der Waals surface area contributed by atoms with E-state index in [1.165, 1.54) is 57.8 Å². The second-order valence-electron chi connectivity index (χ2n) is 9.59. The number of unbranched alkanes of at least 4 members (excludes halogenated alkanes) is 10. The van der Waals surface area contributed by atoms with Gasteiger partial charge >= 0.3 is 12.1 Å². The molecule has 32 heavy (non-hydrogen) atoms. The molecule has 0 aliphatic rings. The number of nitrogens with one attached hydrogen (secondary N) is 1. The van der Waals surface area contributed by atoms with E-state index < -0.39 is 23.7 Å². The van der Waals surface area contributed by atoms with Crippen molar-refractivity contribution in [2.75, 3.05) is 6.61 Å². The third-order valence-electron chi connectivity index (χ3n) is 5.25. The Labute approximate surface area is 195 Å². The molecule has 1 atom stereocenters. The molecule has 182 valence electrons. The summed E-state index contributed by atoms with van der Waals surface area (Å²) in [6.07, 6.45) is 13.5. The van der Waals surface area contributed by atoms with Crippen molar-refractivity contribution in [1.82, 2.24) is 5.32 Å². The molecule has 1 aromatic carbocycles. The van der Waals surface area contributed by atoms with Gasteiger partial charge in [0.1, 0.15) is 11.6 Å². The molecule has 0 heterocycles. The second kappa shape index (κ2) is 16.6. The van der Waals surface area contributed by atoms with Crippen LogP contribution in [0.1, 0.15) is 104 Å². The van der Waals surface area contributed by atoms with E-state index in [4.69, 9.17) is 9.47 Å². The predicted molar refractivity (Wildman–Crippen MR) is 131 cm³/mol. The number of alkyl carbamates (subject to hydrolysis) is 1. The third kappa shape index (κ3) is 14.9.